The second kappa shape index (κ2) is 6.78. The lowest BCUT2D eigenvalue weighted by molar-refractivity contribution is 0.00125. The minimum Gasteiger partial charge on any atom is -0.373 e. The molecule has 1 heterocycles. The molecule has 0 bridgehead atoms. The second-order valence-electron chi connectivity index (χ2n) is 6.75. The van der Waals surface area contributed by atoms with E-state index in [4.69, 9.17) is 9.84 Å². The number of para-hydroxylation sites is 1. The van der Waals surface area contributed by atoms with E-state index in [2.05, 4.69) is 48.5 Å². The van der Waals surface area contributed by atoms with Gasteiger partial charge in [0.05, 0.1) is 23.9 Å². The topological polar surface area (TPSA) is 27.1 Å². The van der Waals surface area contributed by atoms with Crippen LogP contribution in [0.5, 0.6) is 0 Å². The van der Waals surface area contributed by atoms with Crippen molar-refractivity contribution in [2.24, 2.45) is 7.05 Å². The monoisotopic (exact) mass is 320 g/mol. The van der Waals surface area contributed by atoms with Crippen LogP contribution >= 0.6 is 0 Å². The van der Waals surface area contributed by atoms with Gasteiger partial charge in [-0.1, -0.05) is 61.4 Å². The summed E-state index contributed by atoms with van der Waals surface area (Å²) in [6, 6.07) is 19.0. The first kappa shape index (κ1) is 15.4. The number of fused-ring (bicyclic) bond motifs is 1. The molecule has 1 aromatic heterocycles. The van der Waals surface area contributed by atoms with E-state index in [1.807, 2.05) is 17.8 Å². The number of hydrogen-bond donors (Lipinski definition) is 0. The average molecular weight is 320 g/mol. The molecule has 3 nitrogen and oxygen atoms in total. The highest BCUT2D eigenvalue weighted by Gasteiger charge is 2.30. The Morgan fingerprint density at radius 1 is 1.00 bits per heavy atom. The predicted octanol–water partition coefficient (Wildman–Crippen LogP) is 4.82. The second-order valence-corrected chi connectivity index (χ2v) is 6.75. The van der Waals surface area contributed by atoms with Crippen LogP contribution in [0.4, 0.5) is 0 Å². The van der Waals surface area contributed by atoms with E-state index in [9.17, 15) is 0 Å². The molecule has 124 valence electrons. The Labute approximate surface area is 143 Å². The van der Waals surface area contributed by atoms with E-state index in [1.165, 1.54) is 41.4 Å². The van der Waals surface area contributed by atoms with E-state index in [0.717, 1.165) is 6.42 Å². The lowest BCUT2D eigenvalue weighted by Gasteiger charge is -2.30. The summed E-state index contributed by atoms with van der Waals surface area (Å²) < 4.78 is 8.35. The molecular formula is C21H24N2O. The van der Waals surface area contributed by atoms with Crippen LogP contribution < -0.4 is 0 Å². The highest BCUT2D eigenvalue weighted by molar-refractivity contribution is 5.82. The Kier molecular flexibility index (Phi) is 4.35. The van der Waals surface area contributed by atoms with Gasteiger partial charge in [-0.05, 0) is 24.5 Å². The smallest absolute Gasteiger partial charge is 0.0759 e. The fraction of sp³-hybridized carbons (Fsp3) is 0.381. The van der Waals surface area contributed by atoms with Crippen molar-refractivity contribution in [1.82, 2.24) is 9.78 Å². The number of benzene rings is 2. The molecule has 1 unspecified atom stereocenters. The summed E-state index contributed by atoms with van der Waals surface area (Å²) >= 11 is 0. The third-order valence-electron chi connectivity index (χ3n) is 5.15. The van der Waals surface area contributed by atoms with Crippen molar-refractivity contribution in [3.05, 3.63) is 65.9 Å². The van der Waals surface area contributed by atoms with Crippen molar-refractivity contribution in [2.75, 3.05) is 0 Å². The number of rotatable bonds is 4. The normalized spacial score (nSPS) is 21.2. The average Bonchev–Trinajstić information content (AvgIpc) is 2.98. The highest BCUT2D eigenvalue weighted by atomic mass is 16.5. The molecule has 24 heavy (non-hydrogen) atoms. The van der Waals surface area contributed by atoms with Gasteiger partial charge in [0, 0.05) is 18.4 Å². The molecule has 0 spiro atoms. The third-order valence-corrected chi connectivity index (χ3v) is 5.15. The Bertz CT molecular complexity index is 809. The van der Waals surface area contributed by atoms with Gasteiger partial charge >= 0.3 is 0 Å². The zero-order chi connectivity index (χ0) is 16.4. The number of aromatic nitrogens is 2. The summed E-state index contributed by atoms with van der Waals surface area (Å²) in [5.74, 6) is 0.397. The Morgan fingerprint density at radius 3 is 2.62 bits per heavy atom. The van der Waals surface area contributed by atoms with Crippen molar-refractivity contribution >= 4 is 10.9 Å². The summed E-state index contributed by atoms with van der Waals surface area (Å²) in [5, 5.41) is 6.13. The lowest BCUT2D eigenvalue weighted by atomic mass is 9.83. The quantitative estimate of drug-likeness (QED) is 0.689. The molecule has 1 saturated carbocycles. The van der Waals surface area contributed by atoms with Gasteiger partial charge in [-0.3, -0.25) is 4.68 Å². The van der Waals surface area contributed by atoms with Crippen LogP contribution in [0.1, 0.15) is 42.9 Å². The maximum absolute atomic E-state index is 6.34. The van der Waals surface area contributed by atoms with Gasteiger partial charge < -0.3 is 4.74 Å². The number of nitrogens with zero attached hydrogens (tertiary/aromatic N) is 2. The minimum atomic E-state index is 0.261. The summed E-state index contributed by atoms with van der Waals surface area (Å²) in [6.07, 6.45) is 5.07. The van der Waals surface area contributed by atoms with Gasteiger partial charge in [-0.15, -0.1) is 0 Å². The number of hydrogen-bond acceptors (Lipinski definition) is 2. The SMILES string of the molecule is Cn1nc(C2CCCC[C@@H]2OCc2ccccc2)c2ccccc21. The van der Waals surface area contributed by atoms with E-state index in [-0.39, 0.29) is 6.10 Å². The number of aryl methyl sites for hydroxylation is 1. The van der Waals surface area contributed by atoms with E-state index in [1.54, 1.807) is 0 Å². The van der Waals surface area contributed by atoms with Crippen molar-refractivity contribution < 1.29 is 4.74 Å². The van der Waals surface area contributed by atoms with Crippen LogP contribution in [0.2, 0.25) is 0 Å². The van der Waals surface area contributed by atoms with Gasteiger partial charge in [0.1, 0.15) is 0 Å². The first-order valence-corrected chi connectivity index (χ1v) is 8.90. The molecule has 0 N–H and O–H groups in total. The summed E-state index contributed by atoms with van der Waals surface area (Å²) in [7, 11) is 2.04. The molecule has 0 amide bonds. The number of ether oxygens (including phenoxy) is 1. The first-order chi connectivity index (χ1) is 11.8. The Morgan fingerprint density at radius 2 is 1.75 bits per heavy atom. The molecule has 3 heteroatoms. The van der Waals surface area contributed by atoms with Crippen molar-refractivity contribution in [3.8, 4) is 0 Å². The van der Waals surface area contributed by atoms with Gasteiger partial charge in [-0.2, -0.15) is 5.10 Å². The molecule has 0 radical (unpaired) electrons. The van der Waals surface area contributed by atoms with Crippen molar-refractivity contribution in [2.45, 2.75) is 44.3 Å². The van der Waals surface area contributed by atoms with E-state index < -0.39 is 0 Å². The van der Waals surface area contributed by atoms with Crippen LogP contribution in [0.25, 0.3) is 10.9 Å². The zero-order valence-corrected chi connectivity index (χ0v) is 14.2. The van der Waals surface area contributed by atoms with E-state index >= 15 is 0 Å². The van der Waals surface area contributed by atoms with Crippen molar-refractivity contribution in [3.63, 3.8) is 0 Å². The minimum absolute atomic E-state index is 0.261. The fourth-order valence-electron chi connectivity index (χ4n) is 3.90. The molecule has 2 atom stereocenters. The molecule has 1 aliphatic carbocycles. The van der Waals surface area contributed by atoms with Crippen LogP contribution in [0.3, 0.4) is 0 Å². The van der Waals surface area contributed by atoms with E-state index in [0.29, 0.717) is 12.5 Å². The predicted molar refractivity (Wildman–Crippen MR) is 96.9 cm³/mol. The summed E-state index contributed by atoms with van der Waals surface area (Å²) in [6.45, 7) is 0.687. The molecule has 2 aromatic carbocycles. The molecule has 0 aliphatic heterocycles. The summed E-state index contributed by atoms with van der Waals surface area (Å²) in [4.78, 5) is 0. The fourth-order valence-corrected chi connectivity index (χ4v) is 3.90. The highest BCUT2D eigenvalue weighted by Crippen LogP contribution is 2.37. The van der Waals surface area contributed by atoms with Gasteiger partial charge in [0.15, 0.2) is 0 Å². The largest absolute Gasteiger partial charge is 0.373 e. The standard InChI is InChI=1S/C21H24N2O/c1-23-19-13-7-5-11-17(19)21(22-23)18-12-6-8-14-20(18)24-15-16-9-3-2-4-10-16/h2-5,7,9-11,13,18,20H,6,8,12,14-15H2,1H3/t18?,20-/m0/s1. The van der Waals surface area contributed by atoms with Crippen LogP contribution in [-0.2, 0) is 18.4 Å². The molecule has 0 saturated heterocycles. The Balaban J connectivity index is 1.59. The molecular weight excluding hydrogens is 296 g/mol. The Hall–Kier alpha value is -2.13. The van der Waals surface area contributed by atoms with Gasteiger partial charge in [0.25, 0.3) is 0 Å². The zero-order valence-electron chi connectivity index (χ0n) is 14.2. The first-order valence-electron chi connectivity index (χ1n) is 8.90. The van der Waals surface area contributed by atoms with Crippen LogP contribution in [0, 0.1) is 0 Å². The van der Waals surface area contributed by atoms with Crippen LogP contribution in [0.15, 0.2) is 54.6 Å². The lowest BCUT2D eigenvalue weighted by Crippen LogP contribution is -2.26. The maximum Gasteiger partial charge on any atom is 0.0759 e. The van der Waals surface area contributed by atoms with Gasteiger partial charge in [-0.25, -0.2) is 0 Å². The summed E-state index contributed by atoms with van der Waals surface area (Å²) in [5.41, 5.74) is 3.67. The van der Waals surface area contributed by atoms with Crippen molar-refractivity contribution in [1.29, 1.82) is 0 Å². The third kappa shape index (κ3) is 2.96. The molecule has 1 fully saturated rings. The maximum atomic E-state index is 6.34. The molecule has 1 aliphatic rings. The molecule has 3 aromatic rings. The van der Waals surface area contributed by atoms with Gasteiger partial charge in [0.2, 0.25) is 0 Å². The van der Waals surface area contributed by atoms with Crippen LogP contribution in [-0.4, -0.2) is 15.9 Å². The molecule has 4 rings (SSSR count).